The van der Waals surface area contributed by atoms with Crippen molar-refractivity contribution in [2.24, 2.45) is 0 Å². The Kier molecular flexibility index (Phi) is 10.4. The van der Waals surface area contributed by atoms with Crippen LogP contribution in [0.1, 0.15) is 58.3 Å². The van der Waals surface area contributed by atoms with Crippen molar-refractivity contribution in [3.8, 4) is 0 Å². The predicted molar refractivity (Wildman–Crippen MR) is 75.9 cm³/mol. The third-order valence-electron chi connectivity index (χ3n) is 3.63. The Morgan fingerprint density at radius 1 is 0.692 bits per heavy atom. The van der Waals surface area contributed by atoms with Crippen LogP contribution in [0.5, 0.6) is 0 Å². The molecule has 156 valence electrons. The zero-order valence-electron chi connectivity index (χ0n) is 14.1. The molecular weight excluding hydrogens is 490 g/mol. The van der Waals surface area contributed by atoms with Crippen molar-refractivity contribution in [2.45, 2.75) is 80.3 Å². The van der Waals surface area contributed by atoms with Gasteiger partial charge in [0.25, 0.3) is 0 Å². The second kappa shape index (κ2) is 10.5. The Bertz CT molecular complexity index is 439. The normalized spacial score (nSPS) is 13.9. The van der Waals surface area contributed by atoms with Gasteiger partial charge in [-0.3, -0.25) is 0 Å². The Hall–Kier alpha value is -0.0713. The summed E-state index contributed by atoms with van der Waals surface area (Å²) in [6, 6.07) is 0. The standard InChI is InChI=1S/C10H21O.C4F9.O.Sn/c1-2-3-4-5-6-7-8-9-10-11;5-1(6)2(7,8)3(9,10)4(11,12)13;;/h2-10H2,1H3;;;/q-1;;;+1. The Balaban J connectivity index is 4.47. The molecule has 0 saturated heterocycles. The fourth-order valence-corrected chi connectivity index (χ4v) is 4.63. The van der Waals surface area contributed by atoms with E-state index < -0.39 is 48.7 Å². The molecular formula is C14H21F9O2Sn. The van der Waals surface area contributed by atoms with Gasteiger partial charge in [-0.15, -0.1) is 0 Å². The van der Waals surface area contributed by atoms with Crippen LogP contribution < -0.4 is 0 Å². The molecule has 0 radical (unpaired) electrons. The molecule has 0 N–H and O–H groups in total. The van der Waals surface area contributed by atoms with Crippen LogP contribution in [0.3, 0.4) is 0 Å². The average Bonchev–Trinajstić information content (AvgIpc) is 2.51. The molecule has 26 heavy (non-hydrogen) atoms. The maximum absolute atomic E-state index is 13.3. The fourth-order valence-electron chi connectivity index (χ4n) is 1.99. The minimum absolute atomic E-state index is 0.0669. The van der Waals surface area contributed by atoms with Gasteiger partial charge in [-0.05, 0) is 0 Å². The van der Waals surface area contributed by atoms with Crippen molar-refractivity contribution in [3.63, 3.8) is 0 Å². The molecule has 0 aromatic heterocycles. The zero-order valence-corrected chi connectivity index (χ0v) is 16.9. The van der Waals surface area contributed by atoms with E-state index in [1.54, 1.807) is 0 Å². The van der Waals surface area contributed by atoms with Crippen LogP contribution in [-0.2, 0) is 6.15 Å². The predicted octanol–water partition coefficient (Wildman–Crippen LogP) is 6.07. The van der Waals surface area contributed by atoms with Crippen molar-refractivity contribution in [2.75, 3.05) is 6.61 Å². The van der Waals surface area contributed by atoms with Crippen LogP contribution >= 0.6 is 0 Å². The van der Waals surface area contributed by atoms with Gasteiger partial charge in [0.1, 0.15) is 0 Å². The first kappa shape index (κ1) is 25.9. The molecule has 0 heterocycles. The summed E-state index contributed by atoms with van der Waals surface area (Å²) in [5.41, 5.74) is 0. The zero-order chi connectivity index (χ0) is 20.6. The van der Waals surface area contributed by atoms with Gasteiger partial charge in [0.05, 0.1) is 0 Å². The molecule has 0 aliphatic carbocycles. The van der Waals surface area contributed by atoms with Gasteiger partial charge in [0.2, 0.25) is 0 Å². The van der Waals surface area contributed by atoms with Gasteiger partial charge < -0.3 is 0 Å². The molecule has 0 amide bonds. The molecule has 0 aliphatic rings. The second-order valence-corrected chi connectivity index (χ2v) is 10.1. The molecule has 12 heteroatoms. The summed E-state index contributed by atoms with van der Waals surface area (Å²) in [7, 11) is 0. The number of unbranched alkanes of at least 4 members (excludes halogenated alkanes) is 7. The first-order chi connectivity index (χ1) is 11.7. The molecule has 0 bridgehead atoms. The summed E-state index contributed by atoms with van der Waals surface area (Å²) >= 11 is -6.24. The molecule has 0 fully saturated rings. The van der Waals surface area contributed by atoms with Crippen LogP contribution in [0.25, 0.3) is 0 Å². The summed E-state index contributed by atoms with van der Waals surface area (Å²) in [6.45, 7) is 1.38. The summed E-state index contributed by atoms with van der Waals surface area (Å²) < 4.78 is 123. The van der Waals surface area contributed by atoms with Gasteiger partial charge in [-0.2, -0.15) is 0 Å². The third-order valence-corrected chi connectivity index (χ3v) is 7.32. The Labute approximate surface area is 153 Å². The molecule has 0 unspecified atom stereocenters. The van der Waals surface area contributed by atoms with Gasteiger partial charge in [-0.25, -0.2) is 0 Å². The first-order valence-corrected chi connectivity index (χ1v) is 11.9. The monoisotopic (exact) mass is 512 g/mol. The van der Waals surface area contributed by atoms with Gasteiger partial charge in [0, 0.05) is 0 Å². The van der Waals surface area contributed by atoms with Crippen molar-refractivity contribution in [3.05, 3.63) is 0 Å². The van der Waals surface area contributed by atoms with Gasteiger partial charge in [-0.1, -0.05) is 0 Å². The first-order valence-electron chi connectivity index (χ1n) is 8.10. The van der Waals surface area contributed by atoms with Crippen LogP contribution in [0.15, 0.2) is 0 Å². The van der Waals surface area contributed by atoms with Crippen LogP contribution in [0.2, 0.25) is 0 Å². The average molecular weight is 511 g/mol. The quantitative estimate of drug-likeness (QED) is 0.171. The SMILES string of the molecule is CCCCCCCCCC[O][Sn](=[O])[C](F)(F)C(F)(F)C(F)(F)C(F)(F)F. The summed E-state index contributed by atoms with van der Waals surface area (Å²) in [4.78, 5) is 0. The maximum atomic E-state index is 13.3. The minimum atomic E-state index is -7.03. The molecule has 0 aromatic carbocycles. The van der Waals surface area contributed by atoms with Crippen molar-refractivity contribution < 1.29 is 45.7 Å². The van der Waals surface area contributed by atoms with Gasteiger partial charge in [0.15, 0.2) is 0 Å². The molecule has 0 spiro atoms. The van der Waals surface area contributed by atoms with Crippen molar-refractivity contribution in [1.82, 2.24) is 0 Å². The van der Waals surface area contributed by atoms with Crippen molar-refractivity contribution >= 4 is 20.2 Å². The second-order valence-electron chi connectivity index (χ2n) is 5.83. The molecule has 0 rings (SSSR count). The van der Waals surface area contributed by atoms with E-state index in [-0.39, 0.29) is 6.42 Å². The van der Waals surface area contributed by atoms with Crippen LogP contribution in [0.4, 0.5) is 39.5 Å². The molecule has 0 atom stereocenters. The van der Waals surface area contributed by atoms with Crippen LogP contribution in [0, 0.1) is 0 Å². The number of hydrogen-bond acceptors (Lipinski definition) is 2. The molecule has 0 aromatic rings. The van der Waals surface area contributed by atoms with E-state index >= 15 is 0 Å². The third kappa shape index (κ3) is 6.52. The topological polar surface area (TPSA) is 26.3 Å². The molecule has 0 saturated carbocycles. The number of rotatable bonds is 13. The van der Waals surface area contributed by atoms with E-state index in [4.69, 9.17) is 0 Å². The summed E-state index contributed by atoms with van der Waals surface area (Å²) in [6.07, 6.45) is -0.771. The van der Waals surface area contributed by atoms with E-state index in [9.17, 15) is 42.6 Å². The van der Waals surface area contributed by atoms with E-state index in [0.717, 1.165) is 32.1 Å². The van der Waals surface area contributed by atoms with E-state index in [1.165, 1.54) is 0 Å². The van der Waals surface area contributed by atoms with E-state index in [1.807, 2.05) is 6.92 Å². The van der Waals surface area contributed by atoms with Gasteiger partial charge >= 0.3 is 153 Å². The summed E-state index contributed by atoms with van der Waals surface area (Å²) in [5.74, 6) is -13.9. The molecule has 2 nitrogen and oxygen atoms in total. The fraction of sp³-hybridized carbons (Fsp3) is 1.00. The van der Waals surface area contributed by atoms with E-state index in [0.29, 0.717) is 12.8 Å². The number of alkyl halides is 9. The molecule has 0 aliphatic heterocycles. The number of halogens is 9. The Morgan fingerprint density at radius 3 is 1.54 bits per heavy atom. The Morgan fingerprint density at radius 2 is 1.12 bits per heavy atom. The van der Waals surface area contributed by atoms with Crippen molar-refractivity contribution in [1.29, 1.82) is 0 Å². The van der Waals surface area contributed by atoms with Crippen LogP contribution in [-0.4, -0.2) is 48.7 Å². The number of hydrogen-bond donors (Lipinski definition) is 0. The van der Waals surface area contributed by atoms with E-state index in [2.05, 4.69) is 3.07 Å². The summed E-state index contributed by atoms with van der Waals surface area (Å²) in [5, 5.41) is 0.